The summed E-state index contributed by atoms with van der Waals surface area (Å²) >= 11 is 1.05. The molecule has 5 rings (SSSR count). The Balaban J connectivity index is 1.84. The molecule has 2 aliphatic heterocycles. The topological polar surface area (TPSA) is 124 Å². The number of carbonyl (C=O) groups is 2. The highest BCUT2D eigenvalue weighted by molar-refractivity contribution is 7.07. The highest BCUT2D eigenvalue weighted by Crippen LogP contribution is 2.35. The molecule has 36 heavy (non-hydrogen) atoms. The highest BCUT2D eigenvalue weighted by atomic mass is 32.1. The second-order valence-corrected chi connectivity index (χ2v) is 9.21. The molecule has 11 heteroatoms. The molecular formula is C25H20N4O6S. The SMILES string of the molecule is CCOC(=O)C1=C(C)N=c2s/c(=C3\C(=O)N(C)c4ccccc43)c(=O)n2[C@H]1c1cccc([N+](=O)[O-])c1. The first-order chi connectivity index (χ1) is 17.2. The average molecular weight is 505 g/mol. The number of hydrogen-bond acceptors (Lipinski definition) is 8. The molecule has 0 saturated heterocycles. The number of aromatic nitrogens is 1. The zero-order valence-corrected chi connectivity index (χ0v) is 20.4. The van der Waals surface area contributed by atoms with E-state index in [2.05, 4.69) is 4.99 Å². The Morgan fingerprint density at radius 1 is 1.19 bits per heavy atom. The molecule has 1 atom stereocenters. The van der Waals surface area contributed by atoms with Crippen molar-refractivity contribution >= 4 is 40.2 Å². The van der Waals surface area contributed by atoms with E-state index in [9.17, 15) is 24.5 Å². The van der Waals surface area contributed by atoms with Crippen molar-refractivity contribution in [2.75, 3.05) is 18.6 Å². The Kier molecular flexibility index (Phi) is 5.64. The minimum Gasteiger partial charge on any atom is -0.463 e. The van der Waals surface area contributed by atoms with Crippen LogP contribution in [0.2, 0.25) is 0 Å². The summed E-state index contributed by atoms with van der Waals surface area (Å²) in [6.45, 7) is 3.39. The van der Waals surface area contributed by atoms with E-state index in [0.717, 1.165) is 11.3 Å². The molecule has 10 nitrogen and oxygen atoms in total. The van der Waals surface area contributed by atoms with Crippen molar-refractivity contribution in [3.8, 4) is 0 Å². The average Bonchev–Trinajstić information content (AvgIpc) is 3.31. The van der Waals surface area contributed by atoms with Crippen LogP contribution >= 0.6 is 11.3 Å². The maximum absolute atomic E-state index is 13.9. The standard InChI is InChI=1S/C25H20N4O6S/c1-4-35-24(32)18-13(2)26-25-28(20(18)14-8-7-9-15(12-14)29(33)34)23(31)21(36-25)19-16-10-5-6-11-17(16)27(3)22(19)30/h5-12,20H,4H2,1-3H3/b21-19-/t20-/m0/s1. The van der Waals surface area contributed by atoms with E-state index in [1.54, 1.807) is 45.2 Å². The third-order valence-corrected chi connectivity index (χ3v) is 7.22. The van der Waals surface area contributed by atoms with Crippen molar-refractivity contribution in [2.45, 2.75) is 19.9 Å². The number of allylic oxidation sites excluding steroid dienone is 1. The van der Waals surface area contributed by atoms with E-state index in [0.29, 0.717) is 22.5 Å². The largest absolute Gasteiger partial charge is 0.463 e. The monoisotopic (exact) mass is 504 g/mol. The number of non-ortho nitro benzene ring substituents is 1. The number of rotatable bonds is 4. The van der Waals surface area contributed by atoms with Crippen molar-refractivity contribution in [2.24, 2.45) is 4.99 Å². The molecule has 0 spiro atoms. The molecule has 182 valence electrons. The number of anilines is 1. The van der Waals surface area contributed by atoms with E-state index in [4.69, 9.17) is 4.74 Å². The molecule has 0 saturated carbocycles. The fraction of sp³-hybridized carbons (Fsp3) is 0.200. The van der Waals surface area contributed by atoms with Gasteiger partial charge in [-0.05, 0) is 25.5 Å². The minimum atomic E-state index is -1.01. The van der Waals surface area contributed by atoms with Gasteiger partial charge in [-0.1, -0.05) is 41.7 Å². The summed E-state index contributed by atoms with van der Waals surface area (Å²) < 4.78 is 6.75. The number of amides is 1. The van der Waals surface area contributed by atoms with Crippen LogP contribution in [0.15, 0.2) is 69.6 Å². The minimum absolute atomic E-state index is 0.101. The fourth-order valence-electron chi connectivity index (χ4n) is 4.56. The van der Waals surface area contributed by atoms with Gasteiger partial charge in [0, 0.05) is 24.7 Å². The zero-order chi connectivity index (χ0) is 25.7. The van der Waals surface area contributed by atoms with Crippen LogP contribution in [0.4, 0.5) is 11.4 Å². The molecule has 2 aromatic carbocycles. The molecule has 0 aliphatic carbocycles. The number of fused-ring (bicyclic) bond motifs is 2. The molecule has 3 heterocycles. The maximum Gasteiger partial charge on any atom is 0.338 e. The molecule has 0 radical (unpaired) electrons. The fourth-order valence-corrected chi connectivity index (χ4v) is 5.69. The summed E-state index contributed by atoms with van der Waals surface area (Å²) in [6.07, 6.45) is 0. The summed E-state index contributed by atoms with van der Waals surface area (Å²) in [4.78, 5) is 57.3. The molecule has 3 aromatic rings. The summed E-state index contributed by atoms with van der Waals surface area (Å²) in [6, 6.07) is 11.9. The Morgan fingerprint density at radius 2 is 1.94 bits per heavy atom. The molecule has 1 amide bonds. The second kappa shape index (κ2) is 8.68. The van der Waals surface area contributed by atoms with Gasteiger partial charge in [0.15, 0.2) is 4.80 Å². The predicted molar refractivity (Wildman–Crippen MR) is 132 cm³/mol. The Bertz CT molecular complexity index is 1680. The molecule has 0 unspecified atom stereocenters. The van der Waals surface area contributed by atoms with Crippen LogP contribution in [-0.2, 0) is 14.3 Å². The van der Waals surface area contributed by atoms with Crippen molar-refractivity contribution in [1.29, 1.82) is 0 Å². The van der Waals surface area contributed by atoms with Gasteiger partial charge in [-0.25, -0.2) is 9.79 Å². The predicted octanol–water partition coefficient (Wildman–Crippen LogP) is 2.05. The lowest BCUT2D eigenvalue weighted by Crippen LogP contribution is -2.40. The van der Waals surface area contributed by atoms with Crippen LogP contribution < -0.4 is 19.8 Å². The normalized spacial score (nSPS) is 18.0. The first-order valence-corrected chi connectivity index (χ1v) is 11.9. The van der Waals surface area contributed by atoms with Crippen LogP contribution in [0, 0.1) is 10.1 Å². The number of nitro benzene ring substituents is 1. The first kappa shape index (κ1) is 23.4. The van der Waals surface area contributed by atoms with Gasteiger partial charge in [0.05, 0.1) is 40.1 Å². The second-order valence-electron chi connectivity index (χ2n) is 8.23. The van der Waals surface area contributed by atoms with Crippen LogP contribution in [0.3, 0.4) is 0 Å². The van der Waals surface area contributed by atoms with E-state index in [-0.39, 0.29) is 38.7 Å². The number of nitro groups is 1. The number of nitrogens with zero attached hydrogens (tertiary/aromatic N) is 4. The summed E-state index contributed by atoms with van der Waals surface area (Å²) in [5.74, 6) is -0.995. The number of benzene rings is 2. The third kappa shape index (κ3) is 3.47. The number of thiazole rings is 1. The molecule has 1 aromatic heterocycles. The number of hydrogen-bond donors (Lipinski definition) is 0. The third-order valence-electron chi connectivity index (χ3n) is 6.17. The molecule has 0 fully saturated rings. The molecule has 0 N–H and O–H groups in total. The summed E-state index contributed by atoms with van der Waals surface area (Å²) in [5.41, 5.74) is 1.66. The Hall–Kier alpha value is -4.38. The quantitative estimate of drug-likeness (QED) is 0.304. The molecule has 2 aliphatic rings. The smallest absolute Gasteiger partial charge is 0.338 e. The van der Waals surface area contributed by atoms with Gasteiger partial charge >= 0.3 is 5.97 Å². The lowest BCUT2D eigenvalue weighted by Gasteiger charge is -2.24. The van der Waals surface area contributed by atoms with Crippen LogP contribution in [0.25, 0.3) is 5.57 Å². The Morgan fingerprint density at radius 3 is 2.67 bits per heavy atom. The van der Waals surface area contributed by atoms with E-state index < -0.39 is 22.5 Å². The zero-order valence-electron chi connectivity index (χ0n) is 19.5. The van der Waals surface area contributed by atoms with Gasteiger partial charge in [0.2, 0.25) is 0 Å². The number of likely N-dealkylation sites (N-methyl/N-ethyl adjacent to an activating group) is 1. The van der Waals surface area contributed by atoms with Crippen LogP contribution in [0.1, 0.15) is 31.0 Å². The van der Waals surface area contributed by atoms with Crippen molar-refractivity contribution < 1.29 is 19.2 Å². The lowest BCUT2D eigenvalue weighted by atomic mass is 9.95. The van der Waals surface area contributed by atoms with Crippen molar-refractivity contribution in [1.82, 2.24) is 4.57 Å². The van der Waals surface area contributed by atoms with E-state index in [1.807, 2.05) is 6.07 Å². The van der Waals surface area contributed by atoms with Gasteiger partial charge in [0.1, 0.15) is 4.53 Å². The van der Waals surface area contributed by atoms with E-state index in [1.165, 1.54) is 27.7 Å². The number of ether oxygens (including phenoxy) is 1. The lowest BCUT2D eigenvalue weighted by molar-refractivity contribution is -0.384. The summed E-state index contributed by atoms with van der Waals surface area (Å²) in [7, 11) is 1.64. The van der Waals surface area contributed by atoms with Crippen LogP contribution in [-0.4, -0.2) is 35.0 Å². The molecular weight excluding hydrogens is 484 g/mol. The van der Waals surface area contributed by atoms with Crippen molar-refractivity contribution in [3.63, 3.8) is 0 Å². The van der Waals surface area contributed by atoms with Gasteiger partial charge in [-0.3, -0.25) is 24.3 Å². The Labute approximate surface area is 208 Å². The van der Waals surface area contributed by atoms with E-state index >= 15 is 0 Å². The highest BCUT2D eigenvalue weighted by Gasteiger charge is 2.36. The van der Waals surface area contributed by atoms with Crippen molar-refractivity contribution in [3.05, 3.63) is 101 Å². The number of carbonyl (C=O) groups excluding carboxylic acids is 2. The molecule has 0 bridgehead atoms. The number of esters is 1. The van der Waals surface area contributed by atoms with Gasteiger partial charge < -0.3 is 9.64 Å². The number of para-hydroxylation sites is 1. The maximum atomic E-state index is 13.9. The summed E-state index contributed by atoms with van der Waals surface area (Å²) in [5, 5.41) is 11.5. The van der Waals surface area contributed by atoms with Crippen LogP contribution in [0.5, 0.6) is 0 Å². The van der Waals surface area contributed by atoms with Gasteiger partial charge in [0.25, 0.3) is 17.2 Å². The van der Waals surface area contributed by atoms with Gasteiger partial charge in [-0.2, -0.15) is 0 Å². The van der Waals surface area contributed by atoms with Gasteiger partial charge in [-0.15, -0.1) is 0 Å². The first-order valence-electron chi connectivity index (χ1n) is 11.1.